The summed E-state index contributed by atoms with van der Waals surface area (Å²) in [6, 6.07) is 7.78. The van der Waals surface area contributed by atoms with Crippen LogP contribution in [0.3, 0.4) is 0 Å². The van der Waals surface area contributed by atoms with E-state index in [1.54, 1.807) is 13.2 Å². The lowest BCUT2D eigenvalue weighted by molar-refractivity contribution is 0.0345. The Kier molecular flexibility index (Phi) is 4.11. The zero-order valence-corrected chi connectivity index (χ0v) is 12.4. The number of likely N-dealkylation sites (N-methyl/N-ethyl adjacent to an activating group) is 1. The molecule has 0 saturated carbocycles. The number of benzene rings is 1. The van der Waals surface area contributed by atoms with Crippen LogP contribution in [0.2, 0.25) is 0 Å². The van der Waals surface area contributed by atoms with Gasteiger partial charge in [0.1, 0.15) is 6.10 Å². The van der Waals surface area contributed by atoms with Gasteiger partial charge in [0.05, 0.1) is 12.7 Å². The fraction of sp³-hybridized carbons (Fsp3) is 0.375. The Bertz CT molecular complexity index is 654. The van der Waals surface area contributed by atoms with Crippen molar-refractivity contribution in [1.29, 1.82) is 0 Å². The van der Waals surface area contributed by atoms with Crippen LogP contribution >= 0.6 is 0 Å². The minimum atomic E-state index is -0.958. The molecule has 1 unspecified atom stereocenters. The second-order valence-electron chi connectivity index (χ2n) is 5.38. The van der Waals surface area contributed by atoms with E-state index in [-0.39, 0.29) is 6.10 Å². The predicted molar refractivity (Wildman–Crippen MR) is 79.6 cm³/mol. The van der Waals surface area contributed by atoms with E-state index in [1.165, 1.54) is 4.90 Å². The van der Waals surface area contributed by atoms with Crippen LogP contribution in [0.1, 0.15) is 23.7 Å². The summed E-state index contributed by atoms with van der Waals surface area (Å²) in [7, 11) is 1.55. The van der Waals surface area contributed by atoms with E-state index in [2.05, 4.69) is 5.16 Å². The second-order valence-corrected chi connectivity index (χ2v) is 5.38. The Labute approximate surface area is 128 Å². The molecule has 0 fully saturated rings. The fourth-order valence-electron chi connectivity index (χ4n) is 2.81. The number of carbonyl (C=O) groups is 1. The lowest BCUT2D eigenvalue weighted by Crippen LogP contribution is -2.30. The molecule has 0 radical (unpaired) electrons. The van der Waals surface area contributed by atoms with Crippen molar-refractivity contribution in [1.82, 2.24) is 10.1 Å². The Hall–Kier alpha value is -2.34. The fourth-order valence-corrected chi connectivity index (χ4v) is 2.81. The minimum absolute atomic E-state index is 0.263. The largest absolute Gasteiger partial charge is 0.465 e. The van der Waals surface area contributed by atoms with Gasteiger partial charge in [0.2, 0.25) is 0 Å². The number of hydrogen-bond acceptors (Lipinski definition) is 4. The summed E-state index contributed by atoms with van der Waals surface area (Å²) < 4.78 is 11.2. The highest BCUT2D eigenvalue weighted by Gasteiger charge is 2.25. The van der Waals surface area contributed by atoms with E-state index >= 15 is 0 Å². The SMILES string of the molecule is CN(CC1OCCCc2c(-c3ccno3)cccc21)C(=O)O. The molecule has 6 nitrogen and oxygen atoms in total. The molecule has 0 aliphatic carbocycles. The molecule has 3 rings (SSSR count). The van der Waals surface area contributed by atoms with E-state index in [1.807, 2.05) is 24.3 Å². The van der Waals surface area contributed by atoms with Gasteiger partial charge in [-0.15, -0.1) is 0 Å². The molecule has 116 valence electrons. The summed E-state index contributed by atoms with van der Waals surface area (Å²) in [4.78, 5) is 12.3. The summed E-state index contributed by atoms with van der Waals surface area (Å²) in [5.41, 5.74) is 3.18. The van der Waals surface area contributed by atoms with Crippen molar-refractivity contribution in [2.24, 2.45) is 0 Å². The first-order valence-electron chi connectivity index (χ1n) is 7.25. The first-order valence-corrected chi connectivity index (χ1v) is 7.25. The number of amides is 1. The van der Waals surface area contributed by atoms with Gasteiger partial charge in [0.25, 0.3) is 0 Å². The molecule has 0 bridgehead atoms. The first kappa shape index (κ1) is 14.6. The Balaban J connectivity index is 1.99. The summed E-state index contributed by atoms with van der Waals surface area (Å²) in [5.74, 6) is 0.726. The molecule has 6 heteroatoms. The van der Waals surface area contributed by atoms with Gasteiger partial charge in [-0.3, -0.25) is 0 Å². The topological polar surface area (TPSA) is 75.8 Å². The van der Waals surface area contributed by atoms with Crippen LogP contribution in [0.5, 0.6) is 0 Å². The number of hydrogen-bond donors (Lipinski definition) is 1. The van der Waals surface area contributed by atoms with Gasteiger partial charge in [-0.2, -0.15) is 0 Å². The maximum Gasteiger partial charge on any atom is 0.407 e. The average molecular weight is 302 g/mol. The maximum absolute atomic E-state index is 11.1. The van der Waals surface area contributed by atoms with Crippen LogP contribution in [-0.2, 0) is 11.2 Å². The van der Waals surface area contributed by atoms with Gasteiger partial charge in [0, 0.05) is 25.3 Å². The van der Waals surface area contributed by atoms with Crippen molar-refractivity contribution in [3.05, 3.63) is 41.6 Å². The van der Waals surface area contributed by atoms with Gasteiger partial charge < -0.3 is 19.3 Å². The molecule has 22 heavy (non-hydrogen) atoms. The zero-order valence-electron chi connectivity index (χ0n) is 12.4. The molecule has 1 aliphatic heterocycles. The van der Waals surface area contributed by atoms with Gasteiger partial charge in [-0.05, 0) is 24.0 Å². The van der Waals surface area contributed by atoms with Crippen molar-refractivity contribution in [3.63, 3.8) is 0 Å². The van der Waals surface area contributed by atoms with E-state index < -0.39 is 6.09 Å². The van der Waals surface area contributed by atoms with Gasteiger partial charge in [-0.25, -0.2) is 4.79 Å². The highest BCUT2D eigenvalue weighted by Crippen LogP contribution is 2.34. The minimum Gasteiger partial charge on any atom is -0.465 e. The number of carboxylic acid groups (broad SMARTS) is 1. The molecule has 1 aromatic carbocycles. The quantitative estimate of drug-likeness (QED) is 0.943. The van der Waals surface area contributed by atoms with E-state index in [0.29, 0.717) is 13.2 Å². The van der Waals surface area contributed by atoms with Gasteiger partial charge in [0.15, 0.2) is 5.76 Å². The molecule has 1 N–H and O–H groups in total. The van der Waals surface area contributed by atoms with Crippen LogP contribution < -0.4 is 0 Å². The van der Waals surface area contributed by atoms with E-state index in [9.17, 15) is 4.79 Å². The van der Waals surface area contributed by atoms with Crippen molar-refractivity contribution in [3.8, 4) is 11.3 Å². The number of nitrogens with zero attached hydrogens (tertiary/aromatic N) is 2. The summed E-state index contributed by atoms with van der Waals surface area (Å²) in [6.45, 7) is 0.921. The third-order valence-corrected chi connectivity index (χ3v) is 3.92. The molecule has 1 atom stereocenters. The van der Waals surface area contributed by atoms with Crippen LogP contribution in [-0.4, -0.2) is 41.5 Å². The average Bonchev–Trinajstić information content (AvgIpc) is 2.96. The van der Waals surface area contributed by atoms with Crippen LogP contribution in [0.4, 0.5) is 4.79 Å². The molecule has 1 aliphatic rings. The highest BCUT2D eigenvalue weighted by atomic mass is 16.5. The van der Waals surface area contributed by atoms with Crippen molar-refractivity contribution >= 4 is 6.09 Å². The molecule has 0 spiro atoms. The van der Waals surface area contributed by atoms with Gasteiger partial charge in [-0.1, -0.05) is 23.4 Å². The monoisotopic (exact) mass is 302 g/mol. The summed E-state index contributed by atoms with van der Waals surface area (Å²) in [5, 5.41) is 12.9. The van der Waals surface area contributed by atoms with Crippen molar-refractivity contribution in [2.45, 2.75) is 18.9 Å². The number of aromatic nitrogens is 1. The lowest BCUT2D eigenvalue weighted by Gasteiger charge is -2.23. The predicted octanol–water partition coefficient (Wildman–Crippen LogP) is 2.96. The standard InChI is InChI=1S/C16H18N2O4/c1-18(16(19)20)10-15-13-5-2-4-12(14-7-8-17-22-14)11(13)6-3-9-21-15/h2,4-5,7-8,15H,3,6,9-10H2,1H3,(H,19,20). The van der Waals surface area contributed by atoms with Crippen molar-refractivity contribution < 1.29 is 19.2 Å². The van der Waals surface area contributed by atoms with Crippen molar-refractivity contribution in [2.75, 3.05) is 20.2 Å². The Morgan fingerprint density at radius 3 is 3.05 bits per heavy atom. The van der Waals surface area contributed by atoms with Crippen LogP contribution in [0.15, 0.2) is 35.0 Å². The molecular formula is C16H18N2O4. The van der Waals surface area contributed by atoms with Crippen LogP contribution in [0.25, 0.3) is 11.3 Å². The smallest absolute Gasteiger partial charge is 0.407 e. The zero-order chi connectivity index (χ0) is 15.5. The summed E-state index contributed by atoms with van der Waals surface area (Å²) in [6.07, 6.45) is 2.17. The van der Waals surface area contributed by atoms with E-state index in [4.69, 9.17) is 14.4 Å². The Morgan fingerprint density at radius 2 is 2.32 bits per heavy atom. The third kappa shape index (κ3) is 2.82. The molecule has 2 heterocycles. The van der Waals surface area contributed by atoms with E-state index in [0.717, 1.165) is 35.3 Å². The molecule has 2 aromatic rings. The molecule has 0 saturated heterocycles. The number of fused-ring (bicyclic) bond motifs is 1. The normalized spacial score (nSPS) is 17.6. The highest BCUT2D eigenvalue weighted by molar-refractivity contribution is 5.66. The number of rotatable bonds is 3. The van der Waals surface area contributed by atoms with Gasteiger partial charge >= 0.3 is 6.09 Å². The lowest BCUT2D eigenvalue weighted by atomic mass is 9.93. The Morgan fingerprint density at radius 1 is 1.45 bits per heavy atom. The molecular weight excluding hydrogens is 284 g/mol. The molecule has 1 amide bonds. The maximum atomic E-state index is 11.1. The first-order chi connectivity index (χ1) is 10.7. The van der Waals surface area contributed by atoms with Crippen LogP contribution in [0, 0.1) is 0 Å². The molecule has 1 aromatic heterocycles. The number of ether oxygens (including phenoxy) is 1. The second kappa shape index (κ2) is 6.19. The third-order valence-electron chi connectivity index (χ3n) is 3.92. The summed E-state index contributed by atoms with van der Waals surface area (Å²) >= 11 is 0.